The maximum atomic E-state index is 12.8. The molecule has 0 spiro atoms. The predicted molar refractivity (Wildman–Crippen MR) is 69.3 cm³/mol. The topological polar surface area (TPSA) is 32.3 Å². The second-order valence-electron chi connectivity index (χ2n) is 4.04. The monoisotopic (exact) mass is 248 g/mol. The van der Waals surface area contributed by atoms with Crippen LogP contribution in [0, 0.1) is 18.2 Å². The van der Waals surface area contributed by atoms with E-state index in [2.05, 4.69) is 11.2 Å². The highest BCUT2D eigenvalue weighted by atomic mass is 19.1. The van der Waals surface area contributed by atoms with Gasteiger partial charge in [0.1, 0.15) is 5.82 Å². The van der Waals surface area contributed by atoms with E-state index in [-0.39, 0.29) is 24.3 Å². The van der Waals surface area contributed by atoms with Crippen molar-refractivity contribution in [1.29, 1.82) is 0 Å². The van der Waals surface area contributed by atoms with Gasteiger partial charge in [0.2, 0.25) is 5.91 Å². The molecule has 1 atom stereocenters. The molecule has 4 heteroatoms. The third-order valence-electron chi connectivity index (χ3n) is 2.83. The molecule has 0 radical (unpaired) electrons. The van der Waals surface area contributed by atoms with E-state index in [0.717, 1.165) is 5.56 Å². The molecule has 0 aliphatic heterocycles. The van der Waals surface area contributed by atoms with Gasteiger partial charge in [-0.1, -0.05) is 18.1 Å². The fourth-order valence-corrected chi connectivity index (χ4v) is 1.55. The Balaban J connectivity index is 2.60. The van der Waals surface area contributed by atoms with Crippen LogP contribution in [0.2, 0.25) is 0 Å². The zero-order valence-electron chi connectivity index (χ0n) is 10.6. The van der Waals surface area contributed by atoms with Crippen LogP contribution in [0.25, 0.3) is 0 Å². The molecule has 1 aromatic rings. The summed E-state index contributed by atoms with van der Waals surface area (Å²) in [4.78, 5) is 13.4. The van der Waals surface area contributed by atoms with Gasteiger partial charge in [-0.15, -0.1) is 6.42 Å². The van der Waals surface area contributed by atoms with Crippen molar-refractivity contribution in [3.8, 4) is 12.3 Å². The van der Waals surface area contributed by atoms with Crippen molar-refractivity contribution in [2.24, 2.45) is 0 Å². The smallest absolute Gasteiger partial charge is 0.236 e. The molecular weight excluding hydrogens is 231 g/mol. The maximum absolute atomic E-state index is 12.8. The molecule has 3 nitrogen and oxygen atoms in total. The molecule has 0 aliphatic rings. The summed E-state index contributed by atoms with van der Waals surface area (Å²) in [5.74, 6) is 2.07. The summed E-state index contributed by atoms with van der Waals surface area (Å²) in [7, 11) is 1.72. The average Bonchev–Trinajstić information content (AvgIpc) is 2.38. The fourth-order valence-electron chi connectivity index (χ4n) is 1.55. The Bertz CT molecular complexity index is 436. The summed E-state index contributed by atoms with van der Waals surface area (Å²) in [6, 6.07) is 6.03. The van der Waals surface area contributed by atoms with E-state index in [1.54, 1.807) is 24.1 Å². The number of hydrogen-bond acceptors (Lipinski definition) is 2. The van der Waals surface area contributed by atoms with Crippen molar-refractivity contribution in [3.05, 3.63) is 35.6 Å². The van der Waals surface area contributed by atoms with Gasteiger partial charge in [0.05, 0.1) is 19.1 Å². The van der Waals surface area contributed by atoms with Gasteiger partial charge in [-0.2, -0.15) is 0 Å². The Kier molecular flexibility index (Phi) is 5.34. The van der Waals surface area contributed by atoms with Crippen LogP contribution >= 0.6 is 0 Å². The molecule has 0 aromatic heterocycles. The van der Waals surface area contributed by atoms with Gasteiger partial charge in [-0.05, 0) is 24.6 Å². The molecule has 1 amide bonds. The molecule has 1 rings (SSSR count). The highest BCUT2D eigenvalue weighted by Gasteiger charge is 2.16. The first kappa shape index (κ1) is 14.2. The summed E-state index contributed by atoms with van der Waals surface area (Å²) in [6.45, 7) is 2.46. The predicted octanol–water partition coefficient (Wildman–Crippen LogP) is 1.57. The number of benzene rings is 1. The van der Waals surface area contributed by atoms with Crippen LogP contribution in [0.1, 0.15) is 18.5 Å². The Morgan fingerprint density at radius 3 is 2.67 bits per heavy atom. The minimum Gasteiger partial charge on any atom is -0.338 e. The summed E-state index contributed by atoms with van der Waals surface area (Å²) >= 11 is 0. The molecule has 0 saturated carbocycles. The second kappa shape index (κ2) is 6.77. The van der Waals surface area contributed by atoms with Crippen molar-refractivity contribution < 1.29 is 9.18 Å². The Morgan fingerprint density at radius 2 is 2.11 bits per heavy atom. The van der Waals surface area contributed by atoms with E-state index in [9.17, 15) is 9.18 Å². The van der Waals surface area contributed by atoms with E-state index in [4.69, 9.17) is 6.42 Å². The van der Waals surface area contributed by atoms with Crippen molar-refractivity contribution in [3.63, 3.8) is 0 Å². The summed E-state index contributed by atoms with van der Waals surface area (Å²) < 4.78 is 12.8. The minimum absolute atomic E-state index is 0.0536. The van der Waals surface area contributed by atoms with Crippen LogP contribution in [-0.4, -0.2) is 30.9 Å². The molecule has 1 unspecified atom stereocenters. The van der Waals surface area contributed by atoms with Crippen molar-refractivity contribution in [2.45, 2.75) is 13.0 Å². The molecule has 0 saturated heterocycles. The zero-order chi connectivity index (χ0) is 13.5. The molecule has 1 aromatic carbocycles. The van der Waals surface area contributed by atoms with Gasteiger partial charge < -0.3 is 4.90 Å². The largest absolute Gasteiger partial charge is 0.338 e. The molecule has 0 heterocycles. The molecular formula is C14H17FN2O. The number of rotatable bonds is 5. The molecule has 0 fully saturated rings. The van der Waals surface area contributed by atoms with E-state index >= 15 is 0 Å². The van der Waals surface area contributed by atoms with E-state index in [1.165, 1.54) is 12.1 Å². The second-order valence-corrected chi connectivity index (χ2v) is 4.04. The van der Waals surface area contributed by atoms with Crippen LogP contribution in [0.3, 0.4) is 0 Å². The van der Waals surface area contributed by atoms with Gasteiger partial charge in [0.15, 0.2) is 0 Å². The van der Waals surface area contributed by atoms with Gasteiger partial charge in [0.25, 0.3) is 0 Å². The van der Waals surface area contributed by atoms with Crippen LogP contribution in [0.5, 0.6) is 0 Å². The SMILES string of the molecule is C#CCNCC(=O)N(C)C(C)c1ccc(F)cc1. The highest BCUT2D eigenvalue weighted by Crippen LogP contribution is 2.18. The maximum Gasteiger partial charge on any atom is 0.236 e. The average molecular weight is 248 g/mol. The molecule has 1 N–H and O–H groups in total. The first-order valence-corrected chi connectivity index (χ1v) is 5.71. The lowest BCUT2D eigenvalue weighted by Gasteiger charge is -2.25. The molecule has 18 heavy (non-hydrogen) atoms. The zero-order valence-corrected chi connectivity index (χ0v) is 10.6. The highest BCUT2D eigenvalue weighted by molar-refractivity contribution is 5.78. The van der Waals surface area contributed by atoms with Crippen LogP contribution < -0.4 is 5.32 Å². The van der Waals surface area contributed by atoms with E-state index in [0.29, 0.717) is 6.54 Å². The normalized spacial score (nSPS) is 11.7. The number of amides is 1. The lowest BCUT2D eigenvalue weighted by Crippen LogP contribution is -2.37. The quantitative estimate of drug-likeness (QED) is 0.633. The van der Waals surface area contributed by atoms with Crippen LogP contribution in [0.15, 0.2) is 24.3 Å². The third-order valence-corrected chi connectivity index (χ3v) is 2.83. The molecule has 96 valence electrons. The minimum atomic E-state index is -0.282. The van der Waals surface area contributed by atoms with Gasteiger partial charge in [0, 0.05) is 7.05 Å². The summed E-state index contributed by atoms with van der Waals surface area (Å²) in [5, 5.41) is 2.84. The van der Waals surface area contributed by atoms with Crippen LogP contribution in [-0.2, 0) is 4.79 Å². The van der Waals surface area contributed by atoms with Crippen molar-refractivity contribution >= 4 is 5.91 Å². The number of carbonyl (C=O) groups excluding carboxylic acids is 1. The first-order valence-electron chi connectivity index (χ1n) is 5.71. The van der Waals surface area contributed by atoms with Gasteiger partial charge >= 0.3 is 0 Å². The lowest BCUT2D eigenvalue weighted by atomic mass is 10.1. The van der Waals surface area contributed by atoms with Crippen molar-refractivity contribution in [2.75, 3.05) is 20.1 Å². The first-order chi connectivity index (χ1) is 8.56. The van der Waals surface area contributed by atoms with E-state index < -0.39 is 0 Å². The Labute approximate surface area is 107 Å². The van der Waals surface area contributed by atoms with Gasteiger partial charge in [-0.25, -0.2) is 4.39 Å². The number of terminal acetylenes is 1. The third kappa shape index (κ3) is 3.86. The fraction of sp³-hybridized carbons (Fsp3) is 0.357. The van der Waals surface area contributed by atoms with Crippen molar-refractivity contribution in [1.82, 2.24) is 10.2 Å². The number of nitrogens with one attached hydrogen (secondary N) is 1. The van der Waals surface area contributed by atoms with Crippen LogP contribution in [0.4, 0.5) is 4.39 Å². The number of hydrogen-bond donors (Lipinski definition) is 1. The lowest BCUT2D eigenvalue weighted by molar-refractivity contribution is -0.130. The number of likely N-dealkylation sites (N-methyl/N-ethyl adjacent to an activating group) is 1. The number of carbonyl (C=O) groups is 1. The number of nitrogens with zero attached hydrogens (tertiary/aromatic N) is 1. The standard InChI is InChI=1S/C14H17FN2O/c1-4-9-16-10-14(18)17(3)11(2)12-5-7-13(15)8-6-12/h1,5-8,11,16H,9-10H2,2-3H3. The summed E-state index contributed by atoms with van der Waals surface area (Å²) in [5.41, 5.74) is 0.893. The molecule has 0 bridgehead atoms. The van der Waals surface area contributed by atoms with Gasteiger partial charge in [-0.3, -0.25) is 10.1 Å². The molecule has 0 aliphatic carbocycles. The summed E-state index contributed by atoms with van der Waals surface area (Å²) in [6.07, 6.45) is 5.08. The number of halogens is 1. The Hall–Kier alpha value is -1.86. The Morgan fingerprint density at radius 1 is 1.50 bits per heavy atom. The van der Waals surface area contributed by atoms with E-state index in [1.807, 2.05) is 6.92 Å².